The second-order valence-electron chi connectivity index (χ2n) is 5.00. The molecule has 0 bridgehead atoms. The predicted molar refractivity (Wildman–Crippen MR) is 80.8 cm³/mol. The Morgan fingerprint density at radius 1 is 1.25 bits per heavy atom. The zero-order valence-corrected chi connectivity index (χ0v) is 12.0. The van der Waals surface area contributed by atoms with Gasteiger partial charge in [-0.25, -0.2) is 4.68 Å². The van der Waals surface area contributed by atoms with Crippen molar-refractivity contribution in [1.82, 2.24) is 15.1 Å². The van der Waals surface area contributed by atoms with Crippen LogP contribution in [-0.2, 0) is 6.54 Å². The molecular weight excluding hydrogens is 250 g/mol. The average molecular weight is 273 g/mol. The van der Waals surface area contributed by atoms with E-state index in [1.807, 2.05) is 47.3 Å². The zero-order chi connectivity index (χ0) is 14.2. The van der Waals surface area contributed by atoms with Crippen molar-refractivity contribution in [3.05, 3.63) is 48.3 Å². The van der Waals surface area contributed by atoms with Gasteiger partial charge in [-0.15, -0.1) is 0 Å². The van der Waals surface area contributed by atoms with Crippen LogP contribution in [0.5, 0.6) is 0 Å². The molecule has 20 heavy (non-hydrogen) atoms. The Hall–Kier alpha value is -1.65. The van der Waals surface area contributed by atoms with Gasteiger partial charge in [-0.05, 0) is 37.1 Å². The zero-order valence-electron chi connectivity index (χ0n) is 12.0. The smallest absolute Gasteiger partial charge is 0.0766 e. The predicted octanol–water partition coefficient (Wildman–Crippen LogP) is 2.37. The molecule has 108 valence electrons. The summed E-state index contributed by atoms with van der Waals surface area (Å²) >= 11 is 0. The highest BCUT2D eigenvalue weighted by Crippen LogP contribution is 2.08. The number of hydrogen-bond acceptors (Lipinski definition) is 3. The van der Waals surface area contributed by atoms with Crippen LogP contribution in [0.15, 0.2) is 42.6 Å². The fourth-order valence-corrected chi connectivity index (χ4v) is 2.22. The lowest BCUT2D eigenvalue weighted by atomic mass is 10.0. The SMILES string of the molecule is CCC(CCO)CNCc1ccn(-c2ccccc2)n1. The number of nitrogens with one attached hydrogen (secondary N) is 1. The third kappa shape index (κ3) is 4.18. The Morgan fingerprint density at radius 3 is 2.75 bits per heavy atom. The summed E-state index contributed by atoms with van der Waals surface area (Å²) in [5.41, 5.74) is 2.11. The van der Waals surface area contributed by atoms with Gasteiger partial charge in [0.05, 0.1) is 11.4 Å². The largest absolute Gasteiger partial charge is 0.396 e. The van der Waals surface area contributed by atoms with Crippen molar-refractivity contribution >= 4 is 0 Å². The molecule has 4 heteroatoms. The van der Waals surface area contributed by atoms with Crippen molar-refractivity contribution in [3.8, 4) is 5.69 Å². The van der Waals surface area contributed by atoms with E-state index >= 15 is 0 Å². The molecule has 0 saturated heterocycles. The Kier molecular flexibility index (Phi) is 5.77. The van der Waals surface area contributed by atoms with Gasteiger partial charge in [0.1, 0.15) is 0 Å². The summed E-state index contributed by atoms with van der Waals surface area (Å²) in [6.07, 6.45) is 3.94. The number of nitrogens with zero attached hydrogens (tertiary/aromatic N) is 2. The quantitative estimate of drug-likeness (QED) is 0.776. The van der Waals surface area contributed by atoms with E-state index in [2.05, 4.69) is 17.3 Å². The minimum Gasteiger partial charge on any atom is -0.396 e. The Labute approximate surface area is 120 Å². The molecule has 0 amide bonds. The van der Waals surface area contributed by atoms with Crippen LogP contribution in [0.2, 0.25) is 0 Å². The van der Waals surface area contributed by atoms with Gasteiger partial charge in [0, 0.05) is 19.3 Å². The summed E-state index contributed by atoms with van der Waals surface area (Å²) in [7, 11) is 0. The minimum atomic E-state index is 0.267. The first-order valence-electron chi connectivity index (χ1n) is 7.25. The number of benzene rings is 1. The number of aromatic nitrogens is 2. The normalized spacial score (nSPS) is 12.5. The van der Waals surface area contributed by atoms with Crippen molar-refractivity contribution in [3.63, 3.8) is 0 Å². The summed E-state index contributed by atoms with van der Waals surface area (Å²) in [5, 5.41) is 16.9. The van der Waals surface area contributed by atoms with Gasteiger partial charge in [0.15, 0.2) is 0 Å². The number of rotatable bonds is 8. The lowest BCUT2D eigenvalue weighted by Gasteiger charge is -2.13. The number of aliphatic hydroxyl groups excluding tert-OH is 1. The molecule has 0 aliphatic rings. The molecule has 1 aromatic heterocycles. The molecule has 0 spiro atoms. The molecule has 1 heterocycles. The summed E-state index contributed by atoms with van der Waals surface area (Å²) < 4.78 is 1.89. The third-order valence-corrected chi connectivity index (χ3v) is 3.52. The van der Waals surface area contributed by atoms with Crippen LogP contribution in [0.1, 0.15) is 25.5 Å². The van der Waals surface area contributed by atoms with Gasteiger partial charge >= 0.3 is 0 Å². The molecule has 2 rings (SSSR count). The van der Waals surface area contributed by atoms with E-state index in [0.717, 1.165) is 37.3 Å². The Bertz CT molecular complexity index is 495. The van der Waals surface area contributed by atoms with Crippen molar-refractivity contribution in [1.29, 1.82) is 0 Å². The van der Waals surface area contributed by atoms with Gasteiger partial charge in [0.2, 0.25) is 0 Å². The Morgan fingerprint density at radius 2 is 2.05 bits per heavy atom. The maximum Gasteiger partial charge on any atom is 0.0766 e. The molecule has 1 aromatic carbocycles. The molecular formula is C16H23N3O. The average Bonchev–Trinajstić information content (AvgIpc) is 2.96. The van der Waals surface area contributed by atoms with Gasteiger partial charge in [0.25, 0.3) is 0 Å². The van der Waals surface area contributed by atoms with Crippen LogP contribution < -0.4 is 5.32 Å². The number of para-hydroxylation sites is 1. The molecule has 2 N–H and O–H groups in total. The lowest BCUT2D eigenvalue weighted by molar-refractivity contribution is 0.251. The minimum absolute atomic E-state index is 0.267. The van der Waals surface area contributed by atoms with Crippen LogP contribution in [0, 0.1) is 5.92 Å². The van der Waals surface area contributed by atoms with E-state index in [9.17, 15) is 0 Å². The van der Waals surface area contributed by atoms with Crippen molar-refractivity contribution < 1.29 is 5.11 Å². The highest BCUT2D eigenvalue weighted by atomic mass is 16.3. The van der Waals surface area contributed by atoms with Crippen molar-refractivity contribution in [2.45, 2.75) is 26.3 Å². The van der Waals surface area contributed by atoms with E-state index in [1.165, 1.54) is 0 Å². The first-order chi connectivity index (χ1) is 9.83. The summed E-state index contributed by atoms with van der Waals surface area (Å²) in [5.74, 6) is 0.538. The maximum atomic E-state index is 8.97. The van der Waals surface area contributed by atoms with E-state index in [1.54, 1.807) is 0 Å². The van der Waals surface area contributed by atoms with Crippen LogP contribution in [-0.4, -0.2) is 28.0 Å². The molecule has 4 nitrogen and oxygen atoms in total. The molecule has 0 radical (unpaired) electrons. The third-order valence-electron chi connectivity index (χ3n) is 3.52. The summed E-state index contributed by atoms with van der Waals surface area (Å²) in [4.78, 5) is 0. The van der Waals surface area contributed by atoms with Crippen LogP contribution in [0.25, 0.3) is 5.69 Å². The fourth-order valence-electron chi connectivity index (χ4n) is 2.22. The van der Waals surface area contributed by atoms with E-state index in [-0.39, 0.29) is 6.61 Å². The number of hydrogen-bond donors (Lipinski definition) is 2. The highest BCUT2D eigenvalue weighted by Gasteiger charge is 2.06. The fraction of sp³-hybridized carbons (Fsp3) is 0.438. The second kappa shape index (κ2) is 7.82. The van der Waals surface area contributed by atoms with Gasteiger partial charge in [-0.1, -0.05) is 31.5 Å². The van der Waals surface area contributed by atoms with E-state index < -0.39 is 0 Å². The first-order valence-corrected chi connectivity index (χ1v) is 7.25. The monoisotopic (exact) mass is 273 g/mol. The topological polar surface area (TPSA) is 50.1 Å². The number of aliphatic hydroxyl groups is 1. The second-order valence-corrected chi connectivity index (χ2v) is 5.00. The van der Waals surface area contributed by atoms with Gasteiger partial charge < -0.3 is 10.4 Å². The summed E-state index contributed by atoms with van der Waals surface area (Å²) in [6, 6.07) is 12.1. The van der Waals surface area contributed by atoms with Gasteiger partial charge in [-0.2, -0.15) is 5.10 Å². The molecule has 1 atom stereocenters. The van der Waals surface area contributed by atoms with Crippen LogP contribution in [0.4, 0.5) is 0 Å². The highest BCUT2D eigenvalue weighted by molar-refractivity contribution is 5.30. The standard InChI is InChI=1S/C16H23N3O/c1-2-14(9-11-20)12-17-13-15-8-10-19(18-15)16-6-4-3-5-7-16/h3-8,10,14,17,20H,2,9,11-13H2,1H3. The van der Waals surface area contributed by atoms with Crippen LogP contribution >= 0.6 is 0 Å². The van der Waals surface area contributed by atoms with Crippen LogP contribution in [0.3, 0.4) is 0 Å². The van der Waals surface area contributed by atoms with E-state index in [4.69, 9.17) is 5.11 Å². The molecule has 2 aromatic rings. The molecule has 0 aliphatic heterocycles. The molecule has 0 saturated carbocycles. The summed E-state index contributed by atoms with van der Waals surface area (Å²) in [6.45, 7) is 4.12. The molecule has 0 fully saturated rings. The maximum absolute atomic E-state index is 8.97. The molecule has 1 unspecified atom stereocenters. The van der Waals surface area contributed by atoms with E-state index in [0.29, 0.717) is 5.92 Å². The Balaban J connectivity index is 1.84. The molecule has 0 aliphatic carbocycles. The lowest BCUT2D eigenvalue weighted by Crippen LogP contribution is -2.23. The first kappa shape index (κ1) is 14.8. The van der Waals surface area contributed by atoms with Crippen molar-refractivity contribution in [2.75, 3.05) is 13.2 Å². The van der Waals surface area contributed by atoms with Crippen molar-refractivity contribution in [2.24, 2.45) is 5.92 Å². The van der Waals surface area contributed by atoms with Gasteiger partial charge in [-0.3, -0.25) is 0 Å².